The Kier molecular flexibility index (Phi) is 3.19. The molecule has 2 aromatic carbocycles. The number of hydrogen-bond acceptors (Lipinski definition) is 0. The van der Waals surface area contributed by atoms with Crippen LogP contribution in [0.25, 0.3) is 11.1 Å². The van der Waals surface area contributed by atoms with Crippen LogP contribution >= 0.6 is 15.9 Å². The molecular formula is C12H5BrF4. The van der Waals surface area contributed by atoms with Gasteiger partial charge >= 0.3 is 0 Å². The third-order valence-corrected chi connectivity index (χ3v) is 2.74. The second-order valence-electron chi connectivity index (χ2n) is 3.41. The maximum absolute atomic E-state index is 13.7. The van der Waals surface area contributed by atoms with Gasteiger partial charge in [0.05, 0.1) is 4.47 Å². The second-order valence-corrected chi connectivity index (χ2v) is 4.26. The van der Waals surface area contributed by atoms with E-state index in [0.717, 1.165) is 24.3 Å². The highest BCUT2D eigenvalue weighted by Crippen LogP contribution is 2.30. The summed E-state index contributed by atoms with van der Waals surface area (Å²) >= 11 is 2.83. The van der Waals surface area contributed by atoms with Crippen LogP contribution in [0.15, 0.2) is 34.8 Å². The third-order valence-electron chi connectivity index (χ3n) is 2.17. The molecule has 0 heterocycles. The summed E-state index contributed by atoms with van der Waals surface area (Å²) in [5, 5.41) is 0. The van der Waals surface area contributed by atoms with E-state index in [1.807, 2.05) is 0 Å². The van der Waals surface area contributed by atoms with Crippen molar-refractivity contribution in [1.82, 2.24) is 0 Å². The Balaban J connectivity index is 2.67. The van der Waals surface area contributed by atoms with Crippen LogP contribution in [0.4, 0.5) is 17.6 Å². The van der Waals surface area contributed by atoms with Gasteiger partial charge in [-0.15, -0.1) is 0 Å². The molecular weight excluding hydrogens is 300 g/mol. The maximum Gasteiger partial charge on any atom is 0.145 e. The summed E-state index contributed by atoms with van der Waals surface area (Å²) in [6.45, 7) is 0. The molecule has 2 aromatic rings. The van der Waals surface area contributed by atoms with E-state index >= 15 is 0 Å². The molecule has 0 saturated carbocycles. The molecule has 0 bridgehead atoms. The van der Waals surface area contributed by atoms with E-state index in [1.54, 1.807) is 0 Å². The Morgan fingerprint density at radius 3 is 1.82 bits per heavy atom. The van der Waals surface area contributed by atoms with Gasteiger partial charge in [0.15, 0.2) is 0 Å². The number of halogens is 5. The van der Waals surface area contributed by atoms with Gasteiger partial charge in [0.1, 0.15) is 23.3 Å². The van der Waals surface area contributed by atoms with Crippen LogP contribution in [0.1, 0.15) is 0 Å². The van der Waals surface area contributed by atoms with Crippen molar-refractivity contribution in [2.75, 3.05) is 0 Å². The number of rotatable bonds is 1. The topological polar surface area (TPSA) is 0 Å². The van der Waals surface area contributed by atoms with Gasteiger partial charge in [-0.1, -0.05) is 0 Å². The summed E-state index contributed by atoms with van der Waals surface area (Å²) < 4.78 is 52.6. The van der Waals surface area contributed by atoms with Crippen LogP contribution in [0.3, 0.4) is 0 Å². The molecule has 0 nitrogen and oxygen atoms in total. The van der Waals surface area contributed by atoms with Gasteiger partial charge in [-0.3, -0.25) is 0 Å². The highest BCUT2D eigenvalue weighted by atomic mass is 79.9. The first kappa shape index (κ1) is 12.1. The van der Waals surface area contributed by atoms with E-state index < -0.39 is 23.3 Å². The first-order chi connectivity index (χ1) is 7.97. The average molecular weight is 305 g/mol. The van der Waals surface area contributed by atoms with Crippen molar-refractivity contribution < 1.29 is 17.6 Å². The lowest BCUT2D eigenvalue weighted by molar-refractivity contribution is 0.581. The van der Waals surface area contributed by atoms with Crippen molar-refractivity contribution in [3.05, 3.63) is 58.1 Å². The molecule has 0 amide bonds. The lowest BCUT2D eigenvalue weighted by atomic mass is 10.0. The summed E-state index contributed by atoms with van der Waals surface area (Å²) in [5.74, 6) is -3.16. The highest BCUT2D eigenvalue weighted by Gasteiger charge is 2.12. The van der Waals surface area contributed by atoms with Crippen molar-refractivity contribution in [3.8, 4) is 11.1 Å². The highest BCUT2D eigenvalue weighted by molar-refractivity contribution is 9.10. The predicted molar refractivity (Wildman–Crippen MR) is 59.4 cm³/mol. The van der Waals surface area contributed by atoms with Crippen molar-refractivity contribution in [2.45, 2.75) is 0 Å². The predicted octanol–water partition coefficient (Wildman–Crippen LogP) is 4.67. The molecule has 0 radical (unpaired) electrons. The first-order valence-electron chi connectivity index (χ1n) is 4.58. The molecule has 0 atom stereocenters. The van der Waals surface area contributed by atoms with E-state index in [-0.39, 0.29) is 15.6 Å². The molecule has 2 rings (SSSR count). The summed E-state index contributed by atoms with van der Waals surface area (Å²) in [7, 11) is 0. The molecule has 0 N–H and O–H groups in total. The molecule has 5 heteroatoms. The van der Waals surface area contributed by atoms with Crippen molar-refractivity contribution >= 4 is 15.9 Å². The quantitative estimate of drug-likeness (QED) is 0.530. The zero-order valence-electron chi connectivity index (χ0n) is 8.28. The van der Waals surface area contributed by atoms with Crippen molar-refractivity contribution in [1.29, 1.82) is 0 Å². The largest absolute Gasteiger partial charge is 0.207 e. The summed E-state index contributed by atoms with van der Waals surface area (Å²) in [4.78, 5) is 0. The summed E-state index contributed by atoms with van der Waals surface area (Å²) in [6, 6.07) is 4.36. The van der Waals surface area contributed by atoms with Crippen molar-refractivity contribution in [3.63, 3.8) is 0 Å². The molecule has 0 aliphatic rings. The van der Waals surface area contributed by atoms with E-state index in [9.17, 15) is 17.6 Å². The van der Waals surface area contributed by atoms with E-state index in [0.29, 0.717) is 6.07 Å². The SMILES string of the molecule is Fc1cc(F)cc(-c2cc(F)cc(Br)c2F)c1. The van der Waals surface area contributed by atoms with Gasteiger partial charge in [-0.05, 0) is 45.8 Å². The zero-order valence-corrected chi connectivity index (χ0v) is 9.86. The molecule has 0 aliphatic heterocycles. The van der Waals surface area contributed by atoms with E-state index in [2.05, 4.69) is 15.9 Å². The fourth-order valence-electron chi connectivity index (χ4n) is 1.48. The normalized spacial score (nSPS) is 10.6. The van der Waals surface area contributed by atoms with Crippen LogP contribution in [0.2, 0.25) is 0 Å². The lowest BCUT2D eigenvalue weighted by Gasteiger charge is -2.06. The summed E-state index contributed by atoms with van der Waals surface area (Å²) in [5.41, 5.74) is -0.254. The van der Waals surface area contributed by atoms with Crippen LogP contribution < -0.4 is 0 Å². The van der Waals surface area contributed by atoms with Crippen molar-refractivity contribution in [2.24, 2.45) is 0 Å². The van der Waals surface area contributed by atoms with Crippen LogP contribution in [0, 0.1) is 23.3 Å². The van der Waals surface area contributed by atoms with Crippen LogP contribution in [-0.2, 0) is 0 Å². The Morgan fingerprint density at radius 2 is 1.24 bits per heavy atom. The van der Waals surface area contributed by atoms with Gasteiger partial charge in [-0.2, -0.15) is 0 Å². The van der Waals surface area contributed by atoms with E-state index in [4.69, 9.17) is 0 Å². The Labute approximate surface area is 103 Å². The third kappa shape index (κ3) is 2.49. The molecule has 0 aliphatic carbocycles. The molecule has 0 fully saturated rings. The molecule has 17 heavy (non-hydrogen) atoms. The minimum atomic E-state index is -0.847. The average Bonchev–Trinajstić information content (AvgIpc) is 2.22. The first-order valence-corrected chi connectivity index (χ1v) is 5.37. The summed E-state index contributed by atoms with van der Waals surface area (Å²) in [6.07, 6.45) is 0. The number of hydrogen-bond donors (Lipinski definition) is 0. The molecule has 88 valence electrons. The minimum absolute atomic E-state index is 0.0554. The van der Waals surface area contributed by atoms with Crippen LogP contribution in [0.5, 0.6) is 0 Å². The monoisotopic (exact) mass is 304 g/mol. The van der Waals surface area contributed by atoms with Gasteiger partial charge in [-0.25, -0.2) is 17.6 Å². The van der Waals surface area contributed by atoms with Gasteiger partial charge < -0.3 is 0 Å². The second kappa shape index (κ2) is 4.49. The lowest BCUT2D eigenvalue weighted by Crippen LogP contribution is -1.91. The maximum atomic E-state index is 13.7. The van der Waals surface area contributed by atoms with Crippen LogP contribution in [-0.4, -0.2) is 0 Å². The standard InChI is InChI=1S/C12H5BrF4/c13-11-5-9(16)4-10(12(11)17)6-1-7(14)3-8(15)2-6/h1-5H. The Bertz CT molecular complexity index is 561. The molecule has 0 unspecified atom stereocenters. The minimum Gasteiger partial charge on any atom is -0.207 e. The van der Waals surface area contributed by atoms with E-state index in [1.165, 1.54) is 0 Å². The molecule has 0 spiro atoms. The number of benzene rings is 2. The molecule has 0 aromatic heterocycles. The molecule has 0 saturated heterocycles. The Hall–Kier alpha value is -1.36. The van der Waals surface area contributed by atoms with Gasteiger partial charge in [0.25, 0.3) is 0 Å². The van der Waals surface area contributed by atoms with Gasteiger partial charge in [0.2, 0.25) is 0 Å². The zero-order chi connectivity index (χ0) is 12.6. The Morgan fingerprint density at radius 1 is 0.706 bits per heavy atom. The fraction of sp³-hybridized carbons (Fsp3) is 0. The van der Waals surface area contributed by atoms with Gasteiger partial charge in [0, 0.05) is 11.6 Å². The fourth-order valence-corrected chi connectivity index (χ4v) is 1.91. The smallest absolute Gasteiger partial charge is 0.145 e.